The largest absolute Gasteiger partial charge is 0.355 e. The van der Waals surface area contributed by atoms with E-state index in [0.717, 1.165) is 5.56 Å². The van der Waals surface area contributed by atoms with Gasteiger partial charge in [-0.05, 0) is 36.6 Å². The highest BCUT2D eigenvalue weighted by Crippen LogP contribution is 2.27. The summed E-state index contributed by atoms with van der Waals surface area (Å²) < 4.78 is 37.7. The molecule has 0 fully saturated rings. The second-order valence-corrected chi connectivity index (χ2v) is 7.53. The summed E-state index contributed by atoms with van der Waals surface area (Å²) >= 11 is 0. The Morgan fingerprint density at radius 3 is 2.32 bits per heavy atom. The molecule has 0 aromatic heterocycles. The molecule has 1 rings (SSSR count). The van der Waals surface area contributed by atoms with Crippen LogP contribution in [0.4, 0.5) is 4.39 Å². The zero-order valence-corrected chi connectivity index (χ0v) is 13.9. The number of hydrogen-bond acceptors (Lipinski definition) is 3. The van der Waals surface area contributed by atoms with Crippen molar-refractivity contribution >= 4 is 15.9 Å². The maximum absolute atomic E-state index is 13.0. The lowest BCUT2D eigenvalue weighted by Gasteiger charge is -2.21. The Bertz CT molecular complexity index is 585. The van der Waals surface area contributed by atoms with Crippen molar-refractivity contribution in [3.05, 3.63) is 35.6 Å². The predicted octanol–water partition coefficient (Wildman–Crippen LogP) is 1.62. The Morgan fingerprint density at radius 1 is 1.23 bits per heavy atom. The number of amides is 1. The van der Waals surface area contributed by atoms with Gasteiger partial charge in [-0.25, -0.2) is 17.5 Å². The lowest BCUT2D eigenvalue weighted by molar-refractivity contribution is -0.121. The van der Waals surface area contributed by atoms with Crippen LogP contribution >= 0.6 is 0 Å². The molecule has 0 heterocycles. The first-order chi connectivity index (χ1) is 10.2. The van der Waals surface area contributed by atoms with Crippen LogP contribution in [0.15, 0.2) is 24.3 Å². The Hall–Kier alpha value is -1.47. The molecule has 7 heteroatoms. The zero-order chi connectivity index (χ0) is 16.8. The third kappa shape index (κ3) is 6.11. The molecule has 0 saturated carbocycles. The lowest BCUT2D eigenvalue weighted by Crippen LogP contribution is -2.33. The summed E-state index contributed by atoms with van der Waals surface area (Å²) in [6.45, 7) is 4.05. The fourth-order valence-electron chi connectivity index (χ4n) is 2.15. The molecule has 22 heavy (non-hydrogen) atoms. The molecule has 0 aliphatic rings. The Balaban J connectivity index is 2.60. The minimum atomic E-state index is -3.32. The molecule has 1 aromatic carbocycles. The molecule has 5 nitrogen and oxygen atoms in total. The average molecular weight is 330 g/mol. The lowest BCUT2D eigenvalue weighted by atomic mass is 9.85. The van der Waals surface area contributed by atoms with Crippen LogP contribution in [0.1, 0.15) is 31.7 Å². The Kier molecular flexibility index (Phi) is 6.96. The van der Waals surface area contributed by atoms with E-state index in [9.17, 15) is 17.6 Å². The molecule has 124 valence electrons. The number of carbonyl (C=O) groups excluding carboxylic acids is 1. The van der Waals surface area contributed by atoms with Crippen molar-refractivity contribution in [2.24, 2.45) is 5.92 Å². The molecule has 0 spiro atoms. The van der Waals surface area contributed by atoms with Crippen molar-refractivity contribution in [2.75, 3.05) is 19.3 Å². The van der Waals surface area contributed by atoms with Gasteiger partial charge in [0.2, 0.25) is 15.9 Å². The van der Waals surface area contributed by atoms with Crippen LogP contribution in [0.2, 0.25) is 0 Å². The van der Waals surface area contributed by atoms with E-state index in [1.807, 2.05) is 13.8 Å². The van der Waals surface area contributed by atoms with Gasteiger partial charge in [-0.2, -0.15) is 0 Å². The second kappa shape index (κ2) is 8.24. The van der Waals surface area contributed by atoms with Gasteiger partial charge in [0.25, 0.3) is 0 Å². The first kappa shape index (κ1) is 18.6. The Morgan fingerprint density at radius 2 is 1.82 bits per heavy atom. The van der Waals surface area contributed by atoms with Crippen LogP contribution in [-0.2, 0) is 14.8 Å². The van der Waals surface area contributed by atoms with E-state index in [2.05, 4.69) is 10.0 Å². The van der Waals surface area contributed by atoms with Crippen molar-refractivity contribution in [2.45, 2.75) is 26.2 Å². The highest BCUT2D eigenvalue weighted by Gasteiger charge is 2.20. The molecule has 1 atom stereocenters. The van der Waals surface area contributed by atoms with E-state index in [4.69, 9.17) is 0 Å². The minimum absolute atomic E-state index is 0.0403. The number of nitrogens with one attached hydrogen (secondary N) is 2. The fourth-order valence-corrected chi connectivity index (χ4v) is 2.72. The van der Waals surface area contributed by atoms with Crippen molar-refractivity contribution in [3.8, 4) is 0 Å². The molecule has 0 saturated heterocycles. The van der Waals surface area contributed by atoms with Crippen molar-refractivity contribution in [1.82, 2.24) is 10.0 Å². The third-order valence-electron chi connectivity index (χ3n) is 3.51. The molecule has 1 unspecified atom stereocenters. The number of benzene rings is 1. The van der Waals surface area contributed by atoms with Crippen molar-refractivity contribution in [1.29, 1.82) is 0 Å². The second-order valence-electron chi connectivity index (χ2n) is 5.48. The number of carbonyl (C=O) groups is 1. The topological polar surface area (TPSA) is 75.3 Å². The summed E-state index contributed by atoms with van der Waals surface area (Å²) in [7, 11) is -1.99. The standard InChI is InChI=1S/C15H23FN2O3S/c1-11(2)14(12-4-6-13(16)7-5-12)10-15(19)18-8-9-22(20,21)17-3/h4-7,11,14,17H,8-10H2,1-3H3,(H,18,19). The molecular weight excluding hydrogens is 307 g/mol. The normalized spacial score (nSPS) is 13.1. The zero-order valence-electron chi connectivity index (χ0n) is 13.1. The molecule has 2 N–H and O–H groups in total. The highest BCUT2D eigenvalue weighted by atomic mass is 32.2. The van der Waals surface area contributed by atoms with Gasteiger partial charge in [0.1, 0.15) is 5.82 Å². The van der Waals surface area contributed by atoms with E-state index in [1.165, 1.54) is 19.2 Å². The summed E-state index contributed by atoms with van der Waals surface area (Å²) in [6.07, 6.45) is 0.239. The van der Waals surface area contributed by atoms with Gasteiger partial charge in [0.15, 0.2) is 0 Å². The van der Waals surface area contributed by atoms with Gasteiger partial charge in [0, 0.05) is 13.0 Å². The van der Waals surface area contributed by atoms with Crippen molar-refractivity contribution < 1.29 is 17.6 Å². The number of hydrogen-bond donors (Lipinski definition) is 2. The van der Waals surface area contributed by atoms with Crippen LogP contribution in [0.25, 0.3) is 0 Å². The molecular formula is C15H23FN2O3S. The quantitative estimate of drug-likeness (QED) is 0.760. The molecule has 0 aliphatic carbocycles. The smallest absolute Gasteiger partial charge is 0.220 e. The molecule has 1 amide bonds. The molecule has 1 aromatic rings. The first-order valence-corrected chi connectivity index (χ1v) is 8.83. The number of halogens is 1. The van der Waals surface area contributed by atoms with E-state index < -0.39 is 10.0 Å². The van der Waals surface area contributed by atoms with Gasteiger partial charge in [0.05, 0.1) is 5.75 Å². The molecule has 0 aliphatic heterocycles. The number of rotatable bonds is 8. The van der Waals surface area contributed by atoms with E-state index in [1.54, 1.807) is 12.1 Å². The van der Waals surface area contributed by atoms with Crippen molar-refractivity contribution in [3.63, 3.8) is 0 Å². The van der Waals surface area contributed by atoms with Crippen LogP contribution in [0.5, 0.6) is 0 Å². The predicted molar refractivity (Wildman–Crippen MR) is 84.5 cm³/mol. The SMILES string of the molecule is CNS(=O)(=O)CCNC(=O)CC(c1ccc(F)cc1)C(C)C. The van der Waals surface area contributed by atoms with Gasteiger partial charge in [-0.3, -0.25) is 4.79 Å². The fraction of sp³-hybridized carbons (Fsp3) is 0.533. The average Bonchev–Trinajstić information content (AvgIpc) is 2.45. The summed E-state index contributed by atoms with van der Waals surface area (Å²) in [5.41, 5.74) is 0.898. The van der Waals surface area contributed by atoms with Crippen LogP contribution in [0, 0.1) is 11.7 Å². The van der Waals surface area contributed by atoms with E-state index in [-0.39, 0.29) is 42.3 Å². The Labute approximate surface area is 131 Å². The highest BCUT2D eigenvalue weighted by molar-refractivity contribution is 7.89. The maximum Gasteiger partial charge on any atom is 0.220 e. The molecule has 0 bridgehead atoms. The van der Waals surface area contributed by atoms with Gasteiger partial charge >= 0.3 is 0 Å². The van der Waals surface area contributed by atoms with E-state index >= 15 is 0 Å². The van der Waals surface area contributed by atoms with E-state index in [0.29, 0.717) is 0 Å². The van der Waals surface area contributed by atoms with Crippen LogP contribution in [0.3, 0.4) is 0 Å². The third-order valence-corrected chi connectivity index (χ3v) is 4.88. The first-order valence-electron chi connectivity index (χ1n) is 7.18. The summed E-state index contributed by atoms with van der Waals surface area (Å²) in [6, 6.07) is 6.11. The summed E-state index contributed by atoms with van der Waals surface area (Å²) in [5.74, 6) is -0.515. The summed E-state index contributed by atoms with van der Waals surface area (Å²) in [4.78, 5) is 12.0. The van der Waals surface area contributed by atoms with Gasteiger partial charge in [-0.15, -0.1) is 0 Å². The maximum atomic E-state index is 13.0. The number of sulfonamides is 1. The minimum Gasteiger partial charge on any atom is -0.355 e. The van der Waals surface area contributed by atoms with Gasteiger partial charge in [-0.1, -0.05) is 26.0 Å². The monoisotopic (exact) mass is 330 g/mol. The van der Waals surface area contributed by atoms with Crippen LogP contribution in [-0.4, -0.2) is 33.7 Å². The van der Waals surface area contributed by atoms with Crippen LogP contribution < -0.4 is 10.0 Å². The summed E-state index contributed by atoms with van der Waals surface area (Å²) in [5, 5.41) is 2.61. The molecule has 0 radical (unpaired) electrons. The van der Waals surface area contributed by atoms with Gasteiger partial charge < -0.3 is 5.32 Å².